The Kier molecular flexibility index (Phi) is 7.26. The fourth-order valence-electron chi connectivity index (χ4n) is 9.58. The summed E-state index contributed by atoms with van der Waals surface area (Å²) in [4.78, 5) is 0. The second-order valence-electron chi connectivity index (χ2n) is 15.3. The highest BCUT2D eigenvalue weighted by atomic mass is 15.0. The number of hydrogen-bond acceptors (Lipinski definition) is 0. The van der Waals surface area contributed by atoms with Crippen LogP contribution in [-0.4, -0.2) is 9.13 Å². The number of fused-ring (bicyclic) bond motifs is 8. The number of nitrogens with zero attached hydrogens (tertiary/aromatic N) is 2. The zero-order chi connectivity index (χ0) is 38.2. The Morgan fingerprint density at radius 1 is 0.207 bits per heavy atom. The molecule has 2 heteroatoms. The zero-order valence-electron chi connectivity index (χ0n) is 31.7. The summed E-state index contributed by atoms with van der Waals surface area (Å²) in [5.74, 6) is 0. The summed E-state index contributed by atoms with van der Waals surface area (Å²) in [5.41, 5.74) is 14.5. The molecule has 2 heterocycles. The van der Waals surface area contributed by atoms with Crippen molar-refractivity contribution in [3.8, 4) is 44.8 Å². The minimum atomic E-state index is 1.16. The number of hydrogen-bond donors (Lipinski definition) is 0. The molecule has 2 nitrogen and oxygen atoms in total. The molecule has 58 heavy (non-hydrogen) atoms. The van der Waals surface area contributed by atoms with Gasteiger partial charge in [-0.3, -0.25) is 0 Å². The van der Waals surface area contributed by atoms with Gasteiger partial charge in [0.05, 0.1) is 22.1 Å². The van der Waals surface area contributed by atoms with Crippen molar-refractivity contribution in [2.75, 3.05) is 0 Å². The van der Waals surface area contributed by atoms with E-state index in [1.807, 2.05) is 0 Å². The summed E-state index contributed by atoms with van der Waals surface area (Å²) in [5, 5.41) is 9.98. The van der Waals surface area contributed by atoms with Gasteiger partial charge in [-0.15, -0.1) is 0 Å². The number of benzene rings is 10. The van der Waals surface area contributed by atoms with Crippen LogP contribution in [0.3, 0.4) is 0 Å². The average Bonchev–Trinajstić information content (AvgIpc) is 3.81. The van der Waals surface area contributed by atoms with Crippen LogP contribution in [0.4, 0.5) is 0 Å². The second-order valence-corrected chi connectivity index (χ2v) is 15.3. The number of aromatic nitrogens is 2. The second kappa shape index (κ2) is 12.9. The van der Waals surface area contributed by atoms with Crippen molar-refractivity contribution in [1.29, 1.82) is 0 Å². The molecule has 270 valence electrons. The Bertz CT molecular complexity index is 3540. The van der Waals surface area contributed by atoms with E-state index in [2.05, 4.69) is 228 Å². The third kappa shape index (κ3) is 4.92. The normalized spacial score (nSPS) is 11.8. The molecule has 12 aromatic rings. The van der Waals surface area contributed by atoms with Crippen molar-refractivity contribution >= 4 is 65.2 Å². The highest BCUT2D eigenvalue weighted by molar-refractivity contribution is 6.24. The molecule has 0 saturated heterocycles. The molecule has 0 N–H and O–H groups in total. The van der Waals surface area contributed by atoms with Gasteiger partial charge in [-0.1, -0.05) is 152 Å². The van der Waals surface area contributed by atoms with Crippen LogP contribution in [-0.2, 0) is 0 Å². The van der Waals surface area contributed by atoms with Crippen molar-refractivity contribution in [2.24, 2.45) is 0 Å². The molecule has 0 aliphatic heterocycles. The highest BCUT2D eigenvalue weighted by Crippen LogP contribution is 2.47. The molecule has 12 rings (SSSR count). The predicted molar refractivity (Wildman–Crippen MR) is 246 cm³/mol. The summed E-state index contributed by atoms with van der Waals surface area (Å²) < 4.78 is 4.79. The van der Waals surface area contributed by atoms with Crippen LogP contribution in [0.5, 0.6) is 0 Å². The molecular formula is C56H36N2. The van der Waals surface area contributed by atoms with Gasteiger partial charge in [0.15, 0.2) is 0 Å². The third-order valence-electron chi connectivity index (χ3n) is 12.1. The van der Waals surface area contributed by atoms with Gasteiger partial charge < -0.3 is 9.13 Å². The molecular weight excluding hydrogens is 701 g/mol. The van der Waals surface area contributed by atoms with Gasteiger partial charge in [-0.25, -0.2) is 0 Å². The molecule has 0 atom stereocenters. The summed E-state index contributed by atoms with van der Waals surface area (Å²) in [6.07, 6.45) is 0. The minimum Gasteiger partial charge on any atom is -0.309 e. The van der Waals surface area contributed by atoms with Gasteiger partial charge in [0, 0.05) is 32.9 Å². The van der Waals surface area contributed by atoms with Gasteiger partial charge in [-0.05, 0) is 122 Å². The molecule has 2 aromatic heterocycles. The van der Waals surface area contributed by atoms with Gasteiger partial charge in [0.2, 0.25) is 0 Å². The van der Waals surface area contributed by atoms with E-state index in [0.717, 1.165) is 5.69 Å². The van der Waals surface area contributed by atoms with Crippen LogP contribution in [0, 0.1) is 0 Å². The monoisotopic (exact) mass is 736 g/mol. The first-order valence-electron chi connectivity index (χ1n) is 20.0. The number of para-hydroxylation sites is 4. The van der Waals surface area contributed by atoms with E-state index < -0.39 is 0 Å². The Balaban J connectivity index is 1.16. The summed E-state index contributed by atoms with van der Waals surface area (Å²) >= 11 is 0. The van der Waals surface area contributed by atoms with Crippen molar-refractivity contribution in [3.05, 3.63) is 218 Å². The Morgan fingerprint density at radius 2 is 0.569 bits per heavy atom. The van der Waals surface area contributed by atoms with Crippen LogP contribution in [0.15, 0.2) is 218 Å². The lowest BCUT2D eigenvalue weighted by Crippen LogP contribution is -1.94. The zero-order valence-corrected chi connectivity index (χ0v) is 31.7. The molecule has 0 saturated carbocycles. The molecule has 0 unspecified atom stereocenters. The lowest BCUT2D eigenvalue weighted by Gasteiger charge is -2.19. The van der Waals surface area contributed by atoms with Crippen LogP contribution < -0.4 is 0 Å². The van der Waals surface area contributed by atoms with Crippen molar-refractivity contribution in [3.63, 3.8) is 0 Å². The first-order chi connectivity index (χ1) is 28.8. The fraction of sp³-hybridized carbons (Fsp3) is 0. The van der Waals surface area contributed by atoms with E-state index in [9.17, 15) is 0 Å². The molecule has 0 amide bonds. The average molecular weight is 737 g/mol. The molecule has 0 radical (unpaired) electrons. The summed E-state index contributed by atoms with van der Waals surface area (Å²) in [6, 6.07) is 80.1. The van der Waals surface area contributed by atoms with E-state index in [4.69, 9.17) is 0 Å². The first-order valence-corrected chi connectivity index (χ1v) is 20.0. The van der Waals surface area contributed by atoms with Gasteiger partial charge in [0.1, 0.15) is 0 Å². The number of rotatable bonds is 5. The highest BCUT2D eigenvalue weighted by Gasteiger charge is 2.21. The maximum atomic E-state index is 2.43. The molecule has 0 bridgehead atoms. The molecule has 0 aliphatic rings. The molecule has 0 spiro atoms. The van der Waals surface area contributed by atoms with Gasteiger partial charge in [-0.2, -0.15) is 0 Å². The van der Waals surface area contributed by atoms with Crippen LogP contribution in [0.25, 0.3) is 110 Å². The third-order valence-corrected chi connectivity index (χ3v) is 12.1. The molecule has 0 fully saturated rings. The van der Waals surface area contributed by atoms with Gasteiger partial charge in [0.25, 0.3) is 0 Å². The van der Waals surface area contributed by atoms with Crippen molar-refractivity contribution < 1.29 is 0 Å². The maximum Gasteiger partial charge on any atom is 0.0541 e. The van der Waals surface area contributed by atoms with Crippen LogP contribution in [0.1, 0.15) is 0 Å². The summed E-state index contributed by atoms with van der Waals surface area (Å²) in [7, 11) is 0. The van der Waals surface area contributed by atoms with E-state index in [-0.39, 0.29) is 0 Å². The topological polar surface area (TPSA) is 9.86 Å². The van der Waals surface area contributed by atoms with E-state index in [0.29, 0.717) is 0 Å². The predicted octanol–water partition coefficient (Wildman–Crippen LogP) is 15.2. The van der Waals surface area contributed by atoms with E-state index in [1.54, 1.807) is 0 Å². The molecule has 0 aliphatic carbocycles. The Hall–Kier alpha value is -7.68. The summed E-state index contributed by atoms with van der Waals surface area (Å²) in [6.45, 7) is 0. The van der Waals surface area contributed by atoms with Crippen LogP contribution >= 0.6 is 0 Å². The fourth-order valence-corrected chi connectivity index (χ4v) is 9.58. The van der Waals surface area contributed by atoms with Crippen LogP contribution in [0.2, 0.25) is 0 Å². The Labute approximate surface area is 336 Å². The quantitative estimate of drug-likeness (QED) is 0.156. The molecule has 10 aromatic carbocycles. The lowest BCUT2D eigenvalue weighted by atomic mass is 9.84. The SMILES string of the molecule is c1ccc(-c2ccc3c(-c4ccc5c(c4)c4ccccc4n5-c4ccccc4)c4ccccc4c(-c4ccc5c(c4)c4ccccc4n5-c4ccccc4)c3c2)cc1. The first kappa shape index (κ1) is 32.6. The lowest BCUT2D eigenvalue weighted by molar-refractivity contribution is 1.18. The maximum absolute atomic E-state index is 2.43. The van der Waals surface area contributed by atoms with E-state index >= 15 is 0 Å². The Morgan fingerprint density at radius 3 is 1.09 bits per heavy atom. The smallest absolute Gasteiger partial charge is 0.0541 e. The van der Waals surface area contributed by atoms with E-state index in [1.165, 1.54) is 104 Å². The minimum absolute atomic E-state index is 1.16. The van der Waals surface area contributed by atoms with Crippen molar-refractivity contribution in [1.82, 2.24) is 9.13 Å². The van der Waals surface area contributed by atoms with Gasteiger partial charge >= 0.3 is 0 Å². The van der Waals surface area contributed by atoms with Crippen molar-refractivity contribution in [2.45, 2.75) is 0 Å². The standard InChI is InChI=1S/C56H36N2/c1-4-16-37(17-5-1)38-28-31-47-50(34-38)56(40-30-33-54-49(36-40)44-23-13-15-27-52(44)58(54)42-20-8-3-9-21-42)46-25-11-10-24-45(46)55(47)39-29-32-53-48(35-39)43-22-12-14-26-51(43)57(53)41-18-6-2-7-19-41/h1-36H. The largest absolute Gasteiger partial charge is 0.309 e.